The summed E-state index contributed by atoms with van der Waals surface area (Å²) >= 11 is 3.35. The van der Waals surface area contributed by atoms with Crippen LogP contribution in [-0.2, 0) is 5.60 Å². The van der Waals surface area contributed by atoms with Crippen molar-refractivity contribution in [1.82, 2.24) is 5.32 Å². The molecule has 2 N–H and O–H groups in total. The van der Waals surface area contributed by atoms with Crippen molar-refractivity contribution >= 4 is 21.8 Å². The minimum atomic E-state index is -1.26. The third-order valence-electron chi connectivity index (χ3n) is 4.01. The maximum Gasteiger partial charge on any atom is 0.252 e. The molecule has 1 aliphatic heterocycles. The van der Waals surface area contributed by atoms with Gasteiger partial charge < -0.3 is 24.6 Å². The van der Waals surface area contributed by atoms with Crippen molar-refractivity contribution in [3.05, 3.63) is 52.0 Å². The molecule has 0 radical (unpaired) electrons. The predicted molar refractivity (Wildman–Crippen MR) is 95.2 cm³/mol. The topological polar surface area (TPSA) is 77.0 Å². The summed E-state index contributed by atoms with van der Waals surface area (Å²) < 4.78 is 16.4. The van der Waals surface area contributed by atoms with E-state index in [0.717, 1.165) is 0 Å². The molecule has 3 rings (SSSR count). The second kappa shape index (κ2) is 6.93. The monoisotopic (exact) mass is 407 g/mol. The average Bonchev–Trinajstić information content (AvgIpc) is 3.08. The van der Waals surface area contributed by atoms with Gasteiger partial charge in [-0.05, 0) is 58.7 Å². The highest BCUT2D eigenvalue weighted by Crippen LogP contribution is 2.35. The van der Waals surface area contributed by atoms with Crippen molar-refractivity contribution in [3.63, 3.8) is 0 Å². The summed E-state index contributed by atoms with van der Waals surface area (Å²) in [5.41, 5.74) is -0.204. The Morgan fingerprint density at radius 2 is 2.04 bits per heavy atom. The zero-order valence-electron chi connectivity index (χ0n) is 13.8. The third kappa shape index (κ3) is 3.72. The van der Waals surface area contributed by atoms with Gasteiger partial charge >= 0.3 is 0 Å². The molecule has 6 nitrogen and oxygen atoms in total. The molecule has 7 heteroatoms. The number of carbonyl (C=O) groups is 1. The Hall–Kier alpha value is -2.25. The maximum atomic E-state index is 12.4. The van der Waals surface area contributed by atoms with E-state index in [2.05, 4.69) is 21.2 Å². The van der Waals surface area contributed by atoms with E-state index in [1.165, 1.54) is 7.11 Å². The Balaban J connectivity index is 1.72. The largest absolute Gasteiger partial charge is 0.497 e. The molecule has 0 aromatic heterocycles. The lowest BCUT2D eigenvalue weighted by molar-refractivity contribution is 0.0524. The number of methoxy groups -OCH3 is 1. The van der Waals surface area contributed by atoms with Gasteiger partial charge in [0.05, 0.1) is 19.2 Å². The minimum Gasteiger partial charge on any atom is -0.497 e. The molecule has 0 unspecified atom stereocenters. The van der Waals surface area contributed by atoms with Crippen LogP contribution >= 0.6 is 15.9 Å². The van der Waals surface area contributed by atoms with Gasteiger partial charge in [0.25, 0.3) is 5.91 Å². The van der Waals surface area contributed by atoms with Gasteiger partial charge in [0, 0.05) is 4.47 Å². The summed E-state index contributed by atoms with van der Waals surface area (Å²) in [6, 6.07) is 10.3. The van der Waals surface area contributed by atoms with Crippen molar-refractivity contribution in [2.75, 3.05) is 20.4 Å². The molecule has 0 aliphatic carbocycles. The van der Waals surface area contributed by atoms with Crippen LogP contribution in [0.15, 0.2) is 40.9 Å². The molecule has 0 saturated carbocycles. The van der Waals surface area contributed by atoms with Crippen molar-refractivity contribution in [2.45, 2.75) is 12.5 Å². The number of carbonyl (C=O) groups excluding carboxylic acids is 1. The fraction of sp³-hybridized carbons (Fsp3) is 0.278. The van der Waals surface area contributed by atoms with Crippen LogP contribution < -0.4 is 19.5 Å². The SMILES string of the molecule is COc1ccc(Br)c(C(=O)NC[C@@](C)(O)c2ccc3c(c2)OCO3)c1. The molecule has 0 bridgehead atoms. The van der Waals surface area contributed by atoms with E-state index in [-0.39, 0.29) is 19.2 Å². The highest BCUT2D eigenvalue weighted by atomic mass is 79.9. The van der Waals surface area contributed by atoms with Crippen LogP contribution in [0.2, 0.25) is 0 Å². The molecule has 1 amide bonds. The van der Waals surface area contributed by atoms with E-state index in [4.69, 9.17) is 14.2 Å². The third-order valence-corrected chi connectivity index (χ3v) is 4.70. The van der Waals surface area contributed by atoms with E-state index < -0.39 is 5.60 Å². The highest BCUT2D eigenvalue weighted by molar-refractivity contribution is 9.10. The van der Waals surface area contributed by atoms with Crippen LogP contribution in [0.1, 0.15) is 22.8 Å². The summed E-state index contributed by atoms with van der Waals surface area (Å²) in [6.45, 7) is 1.84. The molecular formula is C18H18BrNO5. The van der Waals surface area contributed by atoms with E-state index >= 15 is 0 Å². The minimum absolute atomic E-state index is 0.0368. The van der Waals surface area contributed by atoms with Crippen LogP contribution in [0, 0.1) is 0 Å². The number of hydrogen-bond donors (Lipinski definition) is 2. The zero-order valence-corrected chi connectivity index (χ0v) is 15.4. The van der Waals surface area contributed by atoms with Crippen LogP contribution in [0.3, 0.4) is 0 Å². The normalized spacial score (nSPS) is 14.7. The number of hydrogen-bond acceptors (Lipinski definition) is 5. The standard InChI is InChI=1S/C18H18BrNO5/c1-18(22,11-3-6-15-16(7-11)25-10-24-15)9-20-17(21)13-8-12(23-2)4-5-14(13)19/h3-8,22H,9-10H2,1-2H3,(H,20,21)/t18-/m1/s1. The van der Waals surface area contributed by atoms with Crippen molar-refractivity contribution in [1.29, 1.82) is 0 Å². The van der Waals surface area contributed by atoms with Crippen LogP contribution in [-0.4, -0.2) is 31.5 Å². The Morgan fingerprint density at radius 3 is 2.80 bits per heavy atom. The summed E-state index contributed by atoms with van der Waals surface area (Å²) in [4.78, 5) is 12.4. The lowest BCUT2D eigenvalue weighted by Crippen LogP contribution is -2.38. The van der Waals surface area contributed by atoms with Gasteiger partial charge in [-0.15, -0.1) is 0 Å². The summed E-state index contributed by atoms with van der Waals surface area (Å²) in [5.74, 6) is 1.49. The Labute approximate surface area is 153 Å². The van der Waals surface area contributed by atoms with Crippen LogP contribution in [0.5, 0.6) is 17.2 Å². The first-order valence-corrected chi connectivity index (χ1v) is 8.44. The quantitative estimate of drug-likeness (QED) is 0.796. The first-order chi connectivity index (χ1) is 11.9. The van der Waals surface area contributed by atoms with Crippen LogP contribution in [0.4, 0.5) is 0 Å². The predicted octanol–water partition coefficient (Wildman–Crippen LogP) is 2.82. The van der Waals surface area contributed by atoms with Gasteiger partial charge in [0.1, 0.15) is 11.4 Å². The van der Waals surface area contributed by atoms with Crippen molar-refractivity contribution in [3.8, 4) is 17.2 Å². The molecular weight excluding hydrogens is 390 g/mol. The second-order valence-corrected chi connectivity index (χ2v) is 6.72. The van der Waals surface area contributed by atoms with E-state index in [9.17, 15) is 9.90 Å². The lowest BCUT2D eigenvalue weighted by Gasteiger charge is -2.24. The van der Waals surface area contributed by atoms with Crippen molar-refractivity contribution in [2.24, 2.45) is 0 Å². The van der Waals surface area contributed by atoms with Gasteiger partial charge in [-0.3, -0.25) is 4.79 Å². The Morgan fingerprint density at radius 1 is 1.28 bits per heavy atom. The molecule has 132 valence electrons. The number of fused-ring (bicyclic) bond motifs is 1. The van der Waals surface area contributed by atoms with Gasteiger partial charge in [0.2, 0.25) is 6.79 Å². The van der Waals surface area contributed by atoms with E-state index in [1.807, 2.05) is 0 Å². The number of ether oxygens (including phenoxy) is 3. The van der Waals surface area contributed by atoms with Gasteiger partial charge in [0.15, 0.2) is 11.5 Å². The maximum absolute atomic E-state index is 12.4. The fourth-order valence-corrected chi connectivity index (χ4v) is 2.91. The molecule has 1 aliphatic rings. The molecule has 0 fully saturated rings. The lowest BCUT2D eigenvalue weighted by atomic mass is 9.95. The summed E-state index contributed by atoms with van der Waals surface area (Å²) in [6.07, 6.45) is 0. The Kier molecular flexibility index (Phi) is 4.87. The van der Waals surface area contributed by atoms with Gasteiger partial charge in [-0.2, -0.15) is 0 Å². The van der Waals surface area contributed by atoms with Crippen molar-refractivity contribution < 1.29 is 24.1 Å². The van der Waals surface area contributed by atoms with Gasteiger partial charge in [-0.25, -0.2) is 0 Å². The molecule has 2 aromatic carbocycles. The molecule has 2 aromatic rings. The number of benzene rings is 2. The first-order valence-electron chi connectivity index (χ1n) is 7.65. The molecule has 0 saturated heterocycles. The highest BCUT2D eigenvalue weighted by Gasteiger charge is 2.27. The molecule has 1 atom stereocenters. The number of amides is 1. The molecule has 25 heavy (non-hydrogen) atoms. The van der Waals surface area contributed by atoms with E-state index in [0.29, 0.717) is 32.8 Å². The number of nitrogens with one attached hydrogen (secondary N) is 1. The second-order valence-electron chi connectivity index (χ2n) is 5.87. The van der Waals surface area contributed by atoms with Gasteiger partial charge in [-0.1, -0.05) is 6.07 Å². The summed E-state index contributed by atoms with van der Waals surface area (Å²) in [7, 11) is 1.54. The average molecular weight is 408 g/mol. The molecule has 1 heterocycles. The molecule has 0 spiro atoms. The zero-order chi connectivity index (χ0) is 18.0. The number of rotatable bonds is 5. The fourth-order valence-electron chi connectivity index (χ4n) is 2.49. The van der Waals surface area contributed by atoms with E-state index in [1.54, 1.807) is 43.3 Å². The number of halogens is 1. The summed E-state index contributed by atoms with van der Waals surface area (Å²) in [5, 5.41) is 13.5. The Bertz CT molecular complexity index is 806. The number of aliphatic hydroxyl groups is 1. The first kappa shape index (κ1) is 17.6. The van der Waals surface area contributed by atoms with Crippen LogP contribution in [0.25, 0.3) is 0 Å². The smallest absolute Gasteiger partial charge is 0.252 e.